The number of carbonyl (C=O) groups is 2. The van der Waals surface area contributed by atoms with Gasteiger partial charge in [-0.15, -0.1) is 0 Å². The zero-order chi connectivity index (χ0) is 24.1. The van der Waals surface area contributed by atoms with Gasteiger partial charge in [0.2, 0.25) is 12.1 Å². The topological polar surface area (TPSA) is 61.8 Å². The van der Waals surface area contributed by atoms with E-state index in [0.717, 1.165) is 5.56 Å². The molecule has 0 aliphatic carbocycles. The first-order valence-electron chi connectivity index (χ1n) is 10.8. The van der Waals surface area contributed by atoms with E-state index in [9.17, 15) is 22.8 Å². The van der Waals surface area contributed by atoms with Gasteiger partial charge >= 0.3 is 6.18 Å². The van der Waals surface area contributed by atoms with Crippen LogP contribution in [0.3, 0.4) is 0 Å². The number of nitrogens with zero attached hydrogens (tertiary/aromatic N) is 2. The van der Waals surface area contributed by atoms with Gasteiger partial charge in [0.05, 0.1) is 11.4 Å². The number of amides is 2. The lowest BCUT2D eigenvalue weighted by atomic mass is 10.0. The number of para-hydroxylation sites is 1. The van der Waals surface area contributed by atoms with Crippen molar-refractivity contribution >= 4 is 23.2 Å². The Balaban J connectivity index is 1.69. The second-order valence-electron chi connectivity index (χ2n) is 7.86. The molecule has 1 N–H and O–H groups in total. The van der Waals surface area contributed by atoms with Gasteiger partial charge in [-0.25, -0.2) is 4.99 Å². The van der Waals surface area contributed by atoms with E-state index in [1.54, 1.807) is 48.5 Å². The van der Waals surface area contributed by atoms with Gasteiger partial charge in [0.15, 0.2) is 0 Å². The molecule has 34 heavy (non-hydrogen) atoms. The number of hydrogen-bond donors (Lipinski definition) is 1. The maximum Gasteiger partial charge on any atom is 0.406 e. The highest BCUT2D eigenvalue weighted by Crippen LogP contribution is 2.31. The number of benzene rings is 3. The average Bonchev–Trinajstić information content (AvgIpc) is 2.94. The molecule has 3 aromatic carbocycles. The molecule has 1 unspecified atom stereocenters. The Bertz CT molecular complexity index is 1190. The number of aryl methyl sites for hydroxylation is 1. The van der Waals surface area contributed by atoms with E-state index in [0.29, 0.717) is 28.2 Å². The van der Waals surface area contributed by atoms with Crippen LogP contribution in [0.25, 0.3) is 0 Å². The third-order valence-electron chi connectivity index (χ3n) is 5.37. The van der Waals surface area contributed by atoms with E-state index in [1.165, 1.54) is 6.07 Å². The summed E-state index contributed by atoms with van der Waals surface area (Å²) in [6.07, 6.45) is -5.64. The fourth-order valence-electron chi connectivity index (χ4n) is 3.82. The van der Waals surface area contributed by atoms with E-state index in [1.807, 2.05) is 30.3 Å². The van der Waals surface area contributed by atoms with E-state index in [-0.39, 0.29) is 12.1 Å². The van der Waals surface area contributed by atoms with Crippen molar-refractivity contribution in [3.63, 3.8) is 0 Å². The second kappa shape index (κ2) is 9.91. The van der Waals surface area contributed by atoms with Crippen molar-refractivity contribution in [3.8, 4) is 0 Å². The predicted octanol–water partition coefficient (Wildman–Crippen LogP) is 4.51. The van der Waals surface area contributed by atoms with Gasteiger partial charge in [-0.1, -0.05) is 78.9 Å². The average molecular weight is 465 g/mol. The van der Waals surface area contributed by atoms with Gasteiger partial charge in [-0.05, 0) is 18.1 Å². The molecule has 0 fully saturated rings. The summed E-state index contributed by atoms with van der Waals surface area (Å²) in [4.78, 5) is 31.1. The minimum absolute atomic E-state index is 0.0657. The summed E-state index contributed by atoms with van der Waals surface area (Å²) in [6.45, 7) is -1.49. The number of alkyl halides is 3. The predicted molar refractivity (Wildman–Crippen MR) is 124 cm³/mol. The molecule has 0 saturated carbocycles. The van der Waals surface area contributed by atoms with Gasteiger partial charge in [0, 0.05) is 17.5 Å². The summed E-state index contributed by atoms with van der Waals surface area (Å²) >= 11 is 0. The smallest absolute Gasteiger partial charge is 0.327 e. The highest BCUT2D eigenvalue weighted by molar-refractivity contribution is 6.20. The fourth-order valence-corrected chi connectivity index (χ4v) is 3.82. The van der Waals surface area contributed by atoms with E-state index in [4.69, 9.17) is 0 Å². The highest BCUT2D eigenvalue weighted by atomic mass is 19.4. The molecule has 4 rings (SSSR count). The Morgan fingerprint density at radius 1 is 0.912 bits per heavy atom. The van der Waals surface area contributed by atoms with E-state index in [2.05, 4.69) is 10.3 Å². The summed E-state index contributed by atoms with van der Waals surface area (Å²) in [5.41, 5.74) is 2.37. The lowest BCUT2D eigenvalue weighted by molar-refractivity contribution is -0.134. The third-order valence-corrected chi connectivity index (χ3v) is 5.37. The quantitative estimate of drug-likeness (QED) is 0.583. The van der Waals surface area contributed by atoms with Crippen molar-refractivity contribution in [1.29, 1.82) is 0 Å². The Labute approximate surface area is 194 Å². The molecule has 174 valence electrons. The minimum atomic E-state index is -4.64. The molecule has 0 spiro atoms. The normalized spacial score (nSPS) is 15.9. The number of carbonyl (C=O) groups excluding carboxylic acids is 2. The molecule has 0 saturated heterocycles. The van der Waals surface area contributed by atoms with Crippen molar-refractivity contribution in [1.82, 2.24) is 5.32 Å². The van der Waals surface area contributed by atoms with Gasteiger partial charge < -0.3 is 5.32 Å². The minimum Gasteiger partial charge on any atom is -0.327 e. The van der Waals surface area contributed by atoms with Crippen LogP contribution < -0.4 is 10.2 Å². The Kier molecular flexibility index (Phi) is 6.77. The Hall–Kier alpha value is -3.94. The molecule has 5 nitrogen and oxygen atoms in total. The largest absolute Gasteiger partial charge is 0.406 e. The van der Waals surface area contributed by atoms with Crippen molar-refractivity contribution in [2.75, 3.05) is 11.4 Å². The van der Waals surface area contributed by atoms with Gasteiger partial charge in [0.1, 0.15) is 6.54 Å². The molecular formula is C26H22F3N3O2. The van der Waals surface area contributed by atoms with Crippen LogP contribution in [-0.4, -0.2) is 36.4 Å². The van der Waals surface area contributed by atoms with Crippen LogP contribution in [0.15, 0.2) is 89.9 Å². The van der Waals surface area contributed by atoms with Gasteiger partial charge in [-0.3, -0.25) is 14.5 Å². The number of nitrogens with one attached hydrogen (secondary N) is 1. The lowest BCUT2D eigenvalue weighted by Crippen LogP contribution is -2.50. The molecular weight excluding hydrogens is 443 g/mol. The summed E-state index contributed by atoms with van der Waals surface area (Å²) in [6, 6.07) is 24.5. The lowest BCUT2D eigenvalue weighted by Gasteiger charge is -2.26. The number of aliphatic imine (C=N–C) groups is 1. The Morgan fingerprint density at radius 2 is 1.53 bits per heavy atom. The maximum atomic E-state index is 13.4. The molecule has 8 heteroatoms. The summed E-state index contributed by atoms with van der Waals surface area (Å²) in [5, 5.41) is 2.54. The first kappa shape index (κ1) is 23.2. The number of fused-ring (bicyclic) bond motifs is 1. The van der Waals surface area contributed by atoms with Crippen LogP contribution in [0.4, 0.5) is 18.9 Å². The maximum absolute atomic E-state index is 13.4. The van der Waals surface area contributed by atoms with Crippen LogP contribution in [0, 0.1) is 0 Å². The number of hydrogen-bond acceptors (Lipinski definition) is 3. The monoisotopic (exact) mass is 465 g/mol. The fraction of sp³-hybridized carbons (Fsp3) is 0.192. The van der Waals surface area contributed by atoms with Crippen LogP contribution in [0.5, 0.6) is 0 Å². The van der Waals surface area contributed by atoms with Gasteiger partial charge in [-0.2, -0.15) is 13.2 Å². The first-order valence-corrected chi connectivity index (χ1v) is 10.8. The van der Waals surface area contributed by atoms with Crippen LogP contribution in [0.1, 0.15) is 23.1 Å². The number of benzodiazepines with no additional fused rings is 1. The molecule has 0 aromatic heterocycles. The number of rotatable bonds is 6. The summed E-state index contributed by atoms with van der Waals surface area (Å²) in [5.74, 6) is -1.42. The molecule has 3 aromatic rings. The van der Waals surface area contributed by atoms with Gasteiger partial charge in [0.25, 0.3) is 5.91 Å². The Morgan fingerprint density at radius 3 is 2.21 bits per heavy atom. The van der Waals surface area contributed by atoms with E-state index >= 15 is 0 Å². The van der Waals surface area contributed by atoms with E-state index < -0.39 is 30.7 Å². The number of anilines is 1. The van der Waals surface area contributed by atoms with Crippen LogP contribution >= 0.6 is 0 Å². The zero-order valence-electron chi connectivity index (χ0n) is 18.1. The van der Waals surface area contributed by atoms with Crippen LogP contribution in [0.2, 0.25) is 0 Å². The molecule has 1 atom stereocenters. The molecule has 0 bridgehead atoms. The SMILES string of the molecule is O=C(CCc1ccccc1)NC1N=C(c2ccccc2)c2ccccc2N(CC(F)(F)F)C1=O. The first-order chi connectivity index (χ1) is 16.3. The summed E-state index contributed by atoms with van der Waals surface area (Å²) < 4.78 is 40.3. The molecule has 1 aliphatic rings. The molecule has 2 amide bonds. The van der Waals surface area contributed by atoms with Crippen molar-refractivity contribution < 1.29 is 22.8 Å². The molecule has 0 radical (unpaired) electrons. The molecule has 1 aliphatic heterocycles. The summed E-state index contributed by atoms with van der Waals surface area (Å²) in [7, 11) is 0. The van der Waals surface area contributed by atoms with Crippen molar-refractivity contribution in [2.45, 2.75) is 25.2 Å². The highest BCUT2D eigenvalue weighted by Gasteiger charge is 2.39. The zero-order valence-corrected chi connectivity index (χ0v) is 18.1. The number of halogens is 3. The van der Waals surface area contributed by atoms with Crippen LogP contribution in [-0.2, 0) is 16.0 Å². The standard InChI is InChI=1S/C26H22F3N3O2/c27-26(28,29)17-32-21-14-8-7-13-20(21)23(19-11-5-2-6-12-19)31-24(25(32)34)30-22(33)16-15-18-9-3-1-4-10-18/h1-14,24H,15-17H2,(H,30,33). The molecule has 1 heterocycles. The van der Waals surface area contributed by atoms with Crippen molar-refractivity contribution in [3.05, 3.63) is 102 Å². The third kappa shape index (κ3) is 5.51. The second-order valence-corrected chi connectivity index (χ2v) is 7.86. The van der Waals surface area contributed by atoms with Crippen molar-refractivity contribution in [2.24, 2.45) is 4.99 Å².